The van der Waals surface area contributed by atoms with Gasteiger partial charge in [-0.3, -0.25) is 9.88 Å². The number of hydrogen-bond donors (Lipinski definition) is 0. The average Bonchev–Trinajstić information content (AvgIpc) is 2.58. The third-order valence-electron chi connectivity index (χ3n) is 3.87. The van der Waals surface area contributed by atoms with Crippen LogP contribution in [0.2, 0.25) is 0 Å². The Hall–Kier alpha value is -1.91. The average molecular weight is 313 g/mol. The number of aromatic nitrogens is 1. The fraction of sp³-hybridized carbons (Fsp3) is 0.421. The van der Waals surface area contributed by atoms with Gasteiger partial charge in [0.2, 0.25) is 0 Å². The summed E-state index contributed by atoms with van der Waals surface area (Å²) in [6.07, 6.45) is 4.82. The molecule has 1 aromatic carbocycles. The molecule has 4 nitrogen and oxygen atoms in total. The van der Waals surface area contributed by atoms with E-state index in [1.165, 1.54) is 11.1 Å². The van der Waals surface area contributed by atoms with E-state index >= 15 is 0 Å². The van der Waals surface area contributed by atoms with Gasteiger partial charge >= 0.3 is 0 Å². The Balaban J connectivity index is 1.92. The van der Waals surface area contributed by atoms with Crippen molar-refractivity contribution >= 4 is 0 Å². The van der Waals surface area contributed by atoms with E-state index < -0.39 is 0 Å². The predicted octanol–water partition coefficient (Wildman–Crippen LogP) is 2.70. The minimum absolute atomic E-state index is 0.911. The van der Waals surface area contributed by atoms with Crippen molar-refractivity contribution in [2.24, 2.45) is 0 Å². The van der Waals surface area contributed by atoms with Gasteiger partial charge in [-0.2, -0.15) is 0 Å². The fourth-order valence-electron chi connectivity index (χ4n) is 2.44. The fourth-order valence-corrected chi connectivity index (χ4v) is 2.44. The molecule has 0 N–H and O–H groups in total. The highest BCUT2D eigenvalue weighted by Gasteiger charge is 2.07. The second-order valence-corrected chi connectivity index (χ2v) is 6.04. The van der Waals surface area contributed by atoms with Crippen LogP contribution in [0.4, 0.5) is 0 Å². The van der Waals surface area contributed by atoms with E-state index in [-0.39, 0.29) is 0 Å². The number of methoxy groups -OCH3 is 1. The summed E-state index contributed by atoms with van der Waals surface area (Å²) < 4.78 is 5.22. The van der Waals surface area contributed by atoms with Crippen molar-refractivity contribution in [1.82, 2.24) is 14.8 Å². The van der Waals surface area contributed by atoms with Crippen molar-refractivity contribution < 1.29 is 4.74 Å². The Morgan fingerprint density at radius 2 is 1.74 bits per heavy atom. The van der Waals surface area contributed by atoms with Gasteiger partial charge in [0.25, 0.3) is 0 Å². The first-order valence-corrected chi connectivity index (χ1v) is 8.06. The standard InChI is InChI=1S/C19H27N3O/c1-21(2)13-14-22(16-18-5-4-11-20-15-18)12-10-17-6-8-19(23-3)9-7-17/h4-9,11,15H,10,12-14,16H2,1-3H3. The molecule has 0 unspecified atom stereocenters. The molecule has 23 heavy (non-hydrogen) atoms. The van der Waals surface area contributed by atoms with Gasteiger partial charge in [-0.05, 0) is 49.8 Å². The Bertz CT molecular complexity index is 555. The molecule has 0 fully saturated rings. The smallest absolute Gasteiger partial charge is 0.118 e. The Kier molecular flexibility index (Phi) is 7.04. The highest BCUT2D eigenvalue weighted by atomic mass is 16.5. The second-order valence-electron chi connectivity index (χ2n) is 6.04. The molecule has 0 radical (unpaired) electrons. The molecule has 0 aliphatic heterocycles. The molecule has 0 saturated carbocycles. The van der Waals surface area contributed by atoms with E-state index in [0.717, 1.165) is 38.3 Å². The number of rotatable bonds is 9. The summed E-state index contributed by atoms with van der Waals surface area (Å²) in [4.78, 5) is 8.93. The van der Waals surface area contributed by atoms with Crippen molar-refractivity contribution in [2.45, 2.75) is 13.0 Å². The maximum atomic E-state index is 5.22. The summed E-state index contributed by atoms with van der Waals surface area (Å²) in [6.45, 7) is 4.09. The molecule has 0 amide bonds. The molecule has 0 aliphatic carbocycles. The molecule has 2 rings (SSSR count). The van der Waals surface area contributed by atoms with E-state index in [4.69, 9.17) is 4.74 Å². The van der Waals surface area contributed by atoms with Crippen molar-refractivity contribution in [3.05, 3.63) is 59.9 Å². The summed E-state index contributed by atoms with van der Waals surface area (Å²) in [7, 11) is 5.93. The van der Waals surface area contributed by atoms with E-state index in [1.54, 1.807) is 7.11 Å². The lowest BCUT2D eigenvalue weighted by Gasteiger charge is -2.24. The van der Waals surface area contributed by atoms with Crippen molar-refractivity contribution in [3.8, 4) is 5.75 Å². The van der Waals surface area contributed by atoms with Crippen LogP contribution in [0.1, 0.15) is 11.1 Å². The van der Waals surface area contributed by atoms with Crippen molar-refractivity contribution in [3.63, 3.8) is 0 Å². The van der Waals surface area contributed by atoms with Gasteiger partial charge in [-0.1, -0.05) is 18.2 Å². The van der Waals surface area contributed by atoms with Crippen LogP contribution in [-0.4, -0.2) is 55.6 Å². The lowest BCUT2D eigenvalue weighted by Crippen LogP contribution is -2.33. The number of likely N-dealkylation sites (N-methyl/N-ethyl adjacent to an activating group) is 1. The largest absolute Gasteiger partial charge is 0.497 e. The zero-order chi connectivity index (χ0) is 16.5. The summed E-state index contributed by atoms with van der Waals surface area (Å²) in [6, 6.07) is 12.5. The van der Waals surface area contributed by atoms with Gasteiger partial charge in [0.1, 0.15) is 5.75 Å². The minimum atomic E-state index is 0.911. The molecule has 124 valence electrons. The normalized spacial score (nSPS) is 11.2. The van der Waals surface area contributed by atoms with Gasteiger partial charge in [-0.15, -0.1) is 0 Å². The van der Waals surface area contributed by atoms with Crippen LogP contribution in [0.25, 0.3) is 0 Å². The van der Waals surface area contributed by atoms with Crippen LogP contribution >= 0.6 is 0 Å². The van der Waals surface area contributed by atoms with Gasteiger partial charge in [-0.25, -0.2) is 0 Å². The molecule has 0 aliphatic rings. The summed E-state index contributed by atoms with van der Waals surface area (Å²) in [5.74, 6) is 0.911. The highest BCUT2D eigenvalue weighted by molar-refractivity contribution is 5.27. The quantitative estimate of drug-likeness (QED) is 0.712. The Labute approximate surface area is 139 Å². The Morgan fingerprint density at radius 1 is 0.957 bits per heavy atom. The minimum Gasteiger partial charge on any atom is -0.497 e. The van der Waals surface area contributed by atoms with Crippen LogP contribution in [0.5, 0.6) is 5.75 Å². The highest BCUT2D eigenvalue weighted by Crippen LogP contribution is 2.12. The topological polar surface area (TPSA) is 28.6 Å². The van der Waals surface area contributed by atoms with E-state index in [0.29, 0.717) is 0 Å². The molecule has 0 saturated heterocycles. The second kappa shape index (κ2) is 9.28. The zero-order valence-corrected chi connectivity index (χ0v) is 14.4. The third kappa shape index (κ3) is 6.38. The van der Waals surface area contributed by atoms with E-state index in [9.17, 15) is 0 Å². The number of hydrogen-bond acceptors (Lipinski definition) is 4. The van der Waals surface area contributed by atoms with Crippen LogP contribution in [-0.2, 0) is 13.0 Å². The molecule has 0 bridgehead atoms. The van der Waals surface area contributed by atoms with Gasteiger partial charge < -0.3 is 9.64 Å². The van der Waals surface area contributed by atoms with E-state index in [1.807, 2.05) is 30.6 Å². The lowest BCUT2D eigenvalue weighted by atomic mass is 10.1. The van der Waals surface area contributed by atoms with Crippen LogP contribution in [0.3, 0.4) is 0 Å². The van der Waals surface area contributed by atoms with Crippen molar-refractivity contribution in [1.29, 1.82) is 0 Å². The predicted molar refractivity (Wildman–Crippen MR) is 94.8 cm³/mol. The maximum absolute atomic E-state index is 5.22. The maximum Gasteiger partial charge on any atom is 0.118 e. The lowest BCUT2D eigenvalue weighted by molar-refractivity contribution is 0.236. The van der Waals surface area contributed by atoms with Crippen LogP contribution in [0, 0.1) is 0 Å². The first kappa shape index (κ1) is 17.4. The first-order valence-electron chi connectivity index (χ1n) is 8.06. The third-order valence-corrected chi connectivity index (χ3v) is 3.87. The summed E-state index contributed by atoms with van der Waals surface area (Å²) >= 11 is 0. The molecular weight excluding hydrogens is 286 g/mol. The van der Waals surface area contributed by atoms with Gasteiger partial charge in [0.05, 0.1) is 7.11 Å². The molecule has 0 atom stereocenters. The first-order chi connectivity index (χ1) is 11.2. The number of ether oxygens (including phenoxy) is 1. The van der Waals surface area contributed by atoms with E-state index in [2.05, 4.69) is 47.1 Å². The number of pyridine rings is 1. The summed E-state index contributed by atoms with van der Waals surface area (Å²) in [5, 5.41) is 0. The Morgan fingerprint density at radius 3 is 2.35 bits per heavy atom. The molecule has 0 spiro atoms. The zero-order valence-electron chi connectivity index (χ0n) is 14.4. The molecule has 1 heterocycles. The molecule has 2 aromatic rings. The van der Waals surface area contributed by atoms with Crippen LogP contribution in [0.15, 0.2) is 48.8 Å². The van der Waals surface area contributed by atoms with Crippen molar-refractivity contribution in [2.75, 3.05) is 40.8 Å². The summed E-state index contributed by atoms with van der Waals surface area (Å²) in [5.41, 5.74) is 2.60. The number of nitrogens with zero attached hydrogens (tertiary/aromatic N) is 3. The van der Waals surface area contributed by atoms with Crippen LogP contribution < -0.4 is 4.74 Å². The number of benzene rings is 1. The SMILES string of the molecule is COc1ccc(CCN(CCN(C)C)Cc2cccnc2)cc1. The van der Waals surface area contributed by atoms with Gasteiger partial charge in [0, 0.05) is 38.6 Å². The monoisotopic (exact) mass is 313 g/mol. The van der Waals surface area contributed by atoms with Gasteiger partial charge in [0.15, 0.2) is 0 Å². The molecular formula is C19H27N3O. The molecule has 1 aromatic heterocycles. The molecule has 4 heteroatoms.